The fourth-order valence-corrected chi connectivity index (χ4v) is 3.23. The second kappa shape index (κ2) is 3.72. The van der Waals surface area contributed by atoms with E-state index in [-0.39, 0.29) is 0 Å². The van der Waals surface area contributed by atoms with Gasteiger partial charge in [0.1, 0.15) is 0 Å². The van der Waals surface area contributed by atoms with E-state index in [9.17, 15) is 0 Å². The first-order valence-electron chi connectivity index (χ1n) is 6.79. The summed E-state index contributed by atoms with van der Waals surface area (Å²) in [4.78, 5) is 0. The third-order valence-corrected chi connectivity index (χ3v) is 4.31. The Morgan fingerprint density at radius 2 is 2.00 bits per heavy atom. The number of fused-ring (bicyclic) bond motifs is 1. The molecule has 0 spiro atoms. The summed E-state index contributed by atoms with van der Waals surface area (Å²) in [7, 11) is 0. The number of allylic oxidation sites excluding steroid dienone is 2. The minimum Gasteiger partial charge on any atom is -0.265 e. The molecule has 0 aromatic heterocycles. The summed E-state index contributed by atoms with van der Waals surface area (Å²) in [5, 5.41) is 7.06. The van der Waals surface area contributed by atoms with Gasteiger partial charge in [0.25, 0.3) is 0 Å². The summed E-state index contributed by atoms with van der Waals surface area (Å²) in [5.41, 5.74) is 1.76. The zero-order chi connectivity index (χ0) is 12.0. The Morgan fingerprint density at radius 3 is 2.59 bits per heavy atom. The third kappa shape index (κ3) is 1.74. The van der Waals surface area contributed by atoms with Crippen molar-refractivity contribution in [3.05, 3.63) is 24.4 Å². The van der Waals surface area contributed by atoms with Crippen molar-refractivity contribution in [2.24, 2.45) is 22.4 Å². The van der Waals surface area contributed by atoms with Crippen molar-refractivity contribution in [3.63, 3.8) is 0 Å². The summed E-state index contributed by atoms with van der Waals surface area (Å²) in [6.45, 7) is 7.05. The fraction of sp³-hybridized carbons (Fsp3) is 0.667. The molecule has 2 atom stereocenters. The Balaban J connectivity index is 1.94. The van der Waals surface area contributed by atoms with Crippen molar-refractivity contribution in [2.45, 2.75) is 46.1 Å². The lowest BCUT2D eigenvalue weighted by molar-refractivity contribution is 0.216. The Morgan fingerprint density at radius 1 is 1.24 bits per heavy atom. The van der Waals surface area contributed by atoms with Gasteiger partial charge in [-0.15, -0.1) is 0 Å². The monoisotopic (exact) mass is 230 g/mol. The highest BCUT2D eigenvalue weighted by Gasteiger charge is 2.46. The number of rotatable bonds is 1. The molecule has 0 bridgehead atoms. The van der Waals surface area contributed by atoms with Gasteiger partial charge in [-0.2, -0.15) is 5.10 Å². The van der Waals surface area contributed by atoms with Gasteiger partial charge in [0, 0.05) is 17.8 Å². The van der Waals surface area contributed by atoms with Crippen molar-refractivity contribution in [2.75, 3.05) is 0 Å². The highest BCUT2D eigenvalue weighted by molar-refractivity contribution is 5.92. The van der Waals surface area contributed by atoms with Crippen molar-refractivity contribution in [3.8, 4) is 0 Å². The lowest BCUT2D eigenvalue weighted by Crippen LogP contribution is -2.41. The van der Waals surface area contributed by atoms with Crippen LogP contribution in [0.4, 0.5) is 0 Å². The van der Waals surface area contributed by atoms with Crippen LogP contribution in [0, 0.1) is 17.3 Å². The predicted molar refractivity (Wildman–Crippen MR) is 71.6 cm³/mol. The molecule has 0 amide bonds. The van der Waals surface area contributed by atoms with Crippen LogP contribution in [0.3, 0.4) is 0 Å². The third-order valence-electron chi connectivity index (χ3n) is 4.31. The average Bonchev–Trinajstić information content (AvgIpc) is 2.52. The van der Waals surface area contributed by atoms with Gasteiger partial charge in [-0.1, -0.05) is 39.3 Å². The predicted octanol–water partition coefficient (Wildman–Crippen LogP) is 3.57. The molecule has 92 valence electrons. The van der Waals surface area contributed by atoms with E-state index in [0.717, 1.165) is 5.92 Å². The van der Waals surface area contributed by atoms with Crippen LogP contribution in [0.25, 0.3) is 0 Å². The average molecular weight is 230 g/mol. The lowest BCUT2D eigenvalue weighted by atomic mass is 9.67. The molecule has 1 saturated carbocycles. The van der Waals surface area contributed by atoms with Crippen molar-refractivity contribution in [1.82, 2.24) is 5.01 Å². The summed E-state index contributed by atoms with van der Waals surface area (Å²) in [5.74, 6) is 1.33. The molecule has 1 fully saturated rings. The van der Waals surface area contributed by atoms with E-state index in [0.29, 0.717) is 17.4 Å². The van der Waals surface area contributed by atoms with E-state index in [2.05, 4.69) is 50.2 Å². The molecule has 2 nitrogen and oxygen atoms in total. The second-order valence-electron chi connectivity index (χ2n) is 6.59. The molecule has 2 heteroatoms. The first-order valence-corrected chi connectivity index (χ1v) is 6.79. The minimum atomic E-state index is 0.295. The van der Waals surface area contributed by atoms with Crippen molar-refractivity contribution < 1.29 is 0 Å². The molecule has 0 saturated heterocycles. The standard InChI is InChI=1S/C15H22N2/c1-15(2,3)13-12-9-4-5-10-17(12)16-14(13)11-7-6-8-11/h4-5,9-13H,6-8H2,1-3H3. The van der Waals surface area contributed by atoms with Gasteiger partial charge < -0.3 is 0 Å². The molecule has 3 aliphatic rings. The van der Waals surface area contributed by atoms with E-state index < -0.39 is 0 Å². The van der Waals surface area contributed by atoms with E-state index in [1.807, 2.05) is 0 Å². The van der Waals surface area contributed by atoms with Crippen LogP contribution in [-0.2, 0) is 0 Å². The van der Waals surface area contributed by atoms with Crippen LogP contribution in [0.15, 0.2) is 29.5 Å². The van der Waals surface area contributed by atoms with Gasteiger partial charge in [-0.05, 0) is 30.3 Å². The molecule has 17 heavy (non-hydrogen) atoms. The molecular formula is C15H22N2. The zero-order valence-electron chi connectivity index (χ0n) is 11.1. The molecule has 0 radical (unpaired) electrons. The van der Waals surface area contributed by atoms with Crippen LogP contribution < -0.4 is 0 Å². The Kier molecular flexibility index (Phi) is 2.42. The quantitative estimate of drug-likeness (QED) is 0.672. The highest BCUT2D eigenvalue weighted by atomic mass is 15.5. The number of nitrogens with zero attached hydrogens (tertiary/aromatic N) is 2. The zero-order valence-corrected chi connectivity index (χ0v) is 11.1. The second-order valence-corrected chi connectivity index (χ2v) is 6.59. The molecule has 0 aromatic rings. The SMILES string of the molecule is CC(C)(C)C1C(C2CCC2)=NN2C=CC=CC12. The highest BCUT2D eigenvalue weighted by Crippen LogP contribution is 2.44. The normalized spacial score (nSPS) is 32.4. The first-order chi connectivity index (χ1) is 8.07. The molecule has 2 heterocycles. The van der Waals surface area contributed by atoms with Crippen molar-refractivity contribution >= 4 is 5.71 Å². The van der Waals surface area contributed by atoms with E-state index in [4.69, 9.17) is 5.10 Å². The van der Waals surface area contributed by atoms with Gasteiger partial charge in [0.15, 0.2) is 0 Å². The van der Waals surface area contributed by atoms with Gasteiger partial charge >= 0.3 is 0 Å². The number of hydrogen-bond acceptors (Lipinski definition) is 2. The van der Waals surface area contributed by atoms with E-state index in [1.165, 1.54) is 25.0 Å². The summed E-state index contributed by atoms with van der Waals surface area (Å²) >= 11 is 0. The summed E-state index contributed by atoms with van der Waals surface area (Å²) < 4.78 is 0. The van der Waals surface area contributed by atoms with Gasteiger partial charge in [0.05, 0.1) is 6.04 Å². The maximum Gasteiger partial charge on any atom is 0.0788 e. The van der Waals surface area contributed by atoms with Gasteiger partial charge in [-0.25, -0.2) is 0 Å². The Bertz CT molecular complexity index is 394. The first kappa shape index (κ1) is 11.1. The van der Waals surface area contributed by atoms with Crippen LogP contribution in [0.5, 0.6) is 0 Å². The van der Waals surface area contributed by atoms with Crippen molar-refractivity contribution in [1.29, 1.82) is 0 Å². The van der Waals surface area contributed by atoms with Gasteiger partial charge in [-0.3, -0.25) is 5.01 Å². The summed E-state index contributed by atoms with van der Waals surface area (Å²) in [6.07, 6.45) is 12.8. The Hall–Kier alpha value is -1.05. The van der Waals surface area contributed by atoms with Gasteiger partial charge in [0.2, 0.25) is 0 Å². The lowest BCUT2D eigenvalue weighted by Gasteiger charge is -2.37. The topological polar surface area (TPSA) is 15.6 Å². The molecular weight excluding hydrogens is 208 g/mol. The number of hydrazone groups is 1. The van der Waals surface area contributed by atoms with E-state index in [1.54, 1.807) is 0 Å². The molecule has 3 rings (SSSR count). The fourth-order valence-electron chi connectivity index (χ4n) is 3.23. The van der Waals surface area contributed by atoms with E-state index >= 15 is 0 Å². The molecule has 0 N–H and O–H groups in total. The smallest absolute Gasteiger partial charge is 0.0788 e. The summed E-state index contributed by atoms with van der Waals surface area (Å²) in [6, 6.07) is 0.454. The largest absolute Gasteiger partial charge is 0.265 e. The van der Waals surface area contributed by atoms with Crippen LogP contribution in [0.1, 0.15) is 40.0 Å². The van der Waals surface area contributed by atoms with Crippen LogP contribution in [-0.4, -0.2) is 16.8 Å². The van der Waals surface area contributed by atoms with Crippen LogP contribution in [0.2, 0.25) is 0 Å². The van der Waals surface area contributed by atoms with Crippen LogP contribution >= 0.6 is 0 Å². The molecule has 0 aromatic carbocycles. The maximum atomic E-state index is 4.89. The molecule has 1 aliphatic carbocycles. The maximum absolute atomic E-state index is 4.89. The molecule has 2 aliphatic heterocycles. The molecule has 2 unspecified atom stereocenters. The number of hydrogen-bond donors (Lipinski definition) is 0. The minimum absolute atomic E-state index is 0.295. The Labute approximate surface area is 104 Å².